The van der Waals surface area contributed by atoms with Crippen molar-refractivity contribution in [1.29, 1.82) is 0 Å². The molecule has 0 aromatic heterocycles. The van der Waals surface area contributed by atoms with Crippen LogP contribution < -0.4 is 4.72 Å². The van der Waals surface area contributed by atoms with Crippen LogP contribution >= 0.6 is 0 Å². The predicted octanol–water partition coefficient (Wildman–Crippen LogP) is 5.37. The summed E-state index contributed by atoms with van der Waals surface area (Å²) in [5, 5.41) is 0. The molecule has 0 amide bonds. The smallest absolute Gasteiger partial charge is 0.282 e. The van der Waals surface area contributed by atoms with Gasteiger partial charge in [-0.05, 0) is 66.1 Å². The number of nitrogens with one attached hydrogen (secondary N) is 1. The van der Waals surface area contributed by atoms with Gasteiger partial charge >= 0.3 is 12.4 Å². The highest BCUT2D eigenvalue weighted by Gasteiger charge is 2.34. The summed E-state index contributed by atoms with van der Waals surface area (Å²) in [5.74, 6) is -0.740. The first-order chi connectivity index (χ1) is 16.9. The minimum atomic E-state index is -5.11. The van der Waals surface area contributed by atoms with Crippen LogP contribution in [-0.4, -0.2) is 21.4 Å². The van der Waals surface area contributed by atoms with Crippen LogP contribution in [0.5, 0.6) is 0 Å². The van der Waals surface area contributed by atoms with Gasteiger partial charge in [0.05, 0.1) is 27.0 Å². The van der Waals surface area contributed by atoms with Crippen LogP contribution in [0.1, 0.15) is 28.3 Å². The van der Waals surface area contributed by atoms with Crippen molar-refractivity contribution in [2.75, 3.05) is 0 Å². The third kappa shape index (κ3) is 7.28. The van der Waals surface area contributed by atoms with Crippen molar-refractivity contribution < 1.29 is 52.1 Å². The molecule has 1 unspecified atom stereocenters. The summed E-state index contributed by atoms with van der Waals surface area (Å²) in [7, 11) is -9.84. The molecule has 15 heteroatoms. The molecular weight excluding hydrogens is 555 g/mol. The van der Waals surface area contributed by atoms with Gasteiger partial charge in [-0.25, -0.2) is 17.5 Å². The van der Waals surface area contributed by atoms with Gasteiger partial charge in [0.15, 0.2) is 0 Å². The standard InChI is InChI=1S/C22H16F7NO5S2/c23-17-6-4-14(5-7-17)20(30-36(31,32)18-3-1-2-15(11-18)21(24,25)26)10-13-8-16(22(27,28)29)12-19(9-13)37(33,34)35/h1-9,11-12,20,30H,10H2,(H,33,34,35). The van der Waals surface area contributed by atoms with Gasteiger partial charge in [-0.1, -0.05) is 18.2 Å². The van der Waals surface area contributed by atoms with Gasteiger partial charge in [0.25, 0.3) is 10.1 Å². The van der Waals surface area contributed by atoms with E-state index in [0.29, 0.717) is 24.3 Å². The number of hydrogen-bond donors (Lipinski definition) is 2. The van der Waals surface area contributed by atoms with Crippen molar-refractivity contribution in [1.82, 2.24) is 4.72 Å². The van der Waals surface area contributed by atoms with Crippen LogP contribution in [0, 0.1) is 5.82 Å². The van der Waals surface area contributed by atoms with Crippen molar-refractivity contribution in [3.63, 3.8) is 0 Å². The fourth-order valence-corrected chi connectivity index (χ4v) is 5.19. The average molecular weight is 571 g/mol. The molecule has 0 saturated heterocycles. The maximum Gasteiger partial charge on any atom is 0.416 e. The largest absolute Gasteiger partial charge is 0.416 e. The quantitative estimate of drug-likeness (QED) is 0.293. The van der Waals surface area contributed by atoms with Crippen LogP contribution in [0.3, 0.4) is 0 Å². The molecule has 37 heavy (non-hydrogen) atoms. The summed E-state index contributed by atoms with van der Waals surface area (Å²) in [6.45, 7) is 0. The van der Waals surface area contributed by atoms with Gasteiger partial charge in [-0.3, -0.25) is 4.55 Å². The number of rotatable bonds is 7. The van der Waals surface area contributed by atoms with E-state index in [9.17, 15) is 52.1 Å². The zero-order valence-corrected chi connectivity index (χ0v) is 19.8. The molecule has 2 N–H and O–H groups in total. The number of benzene rings is 3. The molecule has 0 fully saturated rings. The Balaban J connectivity index is 2.09. The van der Waals surface area contributed by atoms with Crippen LogP contribution in [0.2, 0.25) is 0 Å². The highest BCUT2D eigenvalue weighted by Crippen LogP contribution is 2.34. The lowest BCUT2D eigenvalue weighted by Gasteiger charge is -2.21. The number of alkyl halides is 6. The highest BCUT2D eigenvalue weighted by atomic mass is 32.2. The van der Waals surface area contributed by atoms with Crippen LogP contribution in [0.25, 0.3) is 0 Å². The Kier molecular flexibility index (Phi) is 7.75. The lowest BCUT2D eigenvalue weighted by molar-refractivity contribution is -0.138. The summed E-state index contributed by atoms with van der Waals surface area (Å²) in [5.41, 5.74) is -3.13. The van der Waals surface area contributed by atoms with E-state index in [0.717, 1.165) is 36.4 Å². The van der Waals surface area contributed by atoms with Gasteiger partial charge in [0, 0.05) is 0 Å². The van der Waals surface area contributed by atoms with E-state index in [4.69, 9.17) is 0 Å². The Morgan fingerprint density at radius 2 is 1.32 bits per heavy atom. The second-order valence-corrected chi connectivity index (χ2v) is 10.9. The van der Waals surface area contributed by atoms with Crippen LogP contribution in [0.15, 0.2) is 76.5 Å². The molecule has 3 aromatic rings. The van der Waals surface area contributed by atoms with E-state index in [1.54, 1.807) is 0 Å². The summed E-state index contributed by atoms with van der Waals surface area (Å²) < 4.78 is 153. The molecule has 0 aliphatic rings. The van der Waals surface area contributed by atoms with E-state index in [-0.39, 0.29) is 11.6 Å². The lowest BCUT2D eigenvalue weighted by atomic mass is 9.98. The molecular formula is C22H16F7NO5S2. The number of halogens is 7. The van der Waals surface area contributed by atoms with Crippen molar-refractivity contribution in [3.8, 4) is 0 Å². The summed E-state index contributed by atoms with van der Waals surface area (Å²) >= 11 is 0. The maximum absolute atomic E-state index is 13.4. The van der Waals surface area contributed by atoms with Crippen molar-refractivity contribution in [3.05, 3.63) is 94.8 Å². The molecule has 0 aliphatic heterocycles. The molecule has 0 radical (unpaired) electrons. The van der Waals surface area contributed by atoms with Crippen LogP contribution in [0.4, 0.5) is 30.7 Å². The molecule has 3 aromatic carbocycles. The minimum Gasteiger partial charge on any atom is -0.282 e. The van der Waals surface area contributed by atoms with Crippen LogP contribution in [-0.2, 0) is 38.9 Å². The second-order valence-electron chi connectivity index (χ2n) is 7.79. The van der Waals surface area contributed by atoms with Gasteiger partial charge in [-0.2, -0.15) is 34.8 Å². The zero-order chi connectivity index (χ0) is 27.8. The fraction of sp³-hybridized carbons (Fsp3) is 0.182. The summed E-state index contributed by atoms with van der Waals surface area (Å²) in [6.07, 6.45) is -10.6. The van der Waals surface area contributed by atoms with Gasteiger partial charge < -0.3 is 0 Å². The Hall–Kier alpha value is -3.01. The van der Waals surface area contributed by atoms with Crippen molar-refractivity contribution >= 4 is 20.1 Å². The van der Waals surface area contributed by atoms with E-state index < -0.39 is 77.3 Å². The molecule has 0 heterocycles. The van der Waals surface area contributed by atoms with Crippen molar-refractivity contribution in [2.24, 2.45) is 0 Å². The normalized spacial score (nSPS) is 13.9. The van der Waals surface area contributed by atoms with Gasteiger partial charge in [0.2, 0.25) is 10.0 Å². The molecule has 0 saturated carbocycles. The topological polar surface area (TPSA) is 101 Å². The molecule has 0 spiro atoms. The predicted molar refractivity (Wildman–Crippen MR) is 116 cm³/mol. The Labute approximate surface area is 206 Å². The maximum atomic E-state index is 13.4. The first-order valence-electron chi connectivity index (χ1n) is 10.00. The molecule has 1 atom stereocenters. The van der Waals surface area contributed by atoms with E-state index in [1.807, 2.05) is 0 Å². The monoisotopic (exact) mass is 571 g/mol. The zero-order valence-electron chi connectivity index (χ0n) is 18.2. The first kappa shape index (κ1) is 28.6. The molecule has 3 rings (SSSR count). The second kappa shape index (κ2) is 10.0. The van der Waals surface area contributed by atoms with Crippen molar-refractivity contribution in [2.45, 2.75) is 34.6 Å². The lowest BCUT2D eigenvalue weighted by Crippen LogP contribution is -2.30. The Morgan fingerprint density at radius 3 is 1.86 bits per heavy atom. The number of hydrogen-bond acceptors (Lipinski definition) is 4. The Bertz CT molecular complexity index is 1500. The summed E-state index contributed by atoms with van der Waals surface area (Å²) in [4.78, 5) is -1.92. The van der Waals surface area contributed by atoms with Gasteiger partial charge in [-0.15, -0.1) is 0 Å². The first-order valence-corrected chi connectivity index (χ1v) is 12.9. The third-order valence-electron chi connectivity index (χ3n) is 5.07. The molecule has 200 valence electrons. The average Bonchev–Trinajstić information content (AvgIpc) is 2.77. The van der Waals surface area contributed by atoms with E-state index in [1.165, 1.54) is 0 Å². The van der Waals surface area contributed by atoms with E-state index >= 15 is 0 Å². The SMILES string of the molecule is O=S(=O)(O)c1cc(CC(NS(=O)(=O)c2cccc(C(F)(F)F)c2)c2ccc(F)cc2)cc(C(F)(F)F)c1. The molecule has 6 nitrogen and oxygen atoms in total. The fourth-order valence-electron chi connectivity index (χ4n) is 3.34. The third-order valence-corrected chi connectivity index (χ3v) is 7.37. The van der Waals surface area contributed by atoms with E-state index in [2.05, 4.69) is 4.72 Å². The summed E-state index contributed by atoms with van der Waals surface area (Å²) in [6, 6.07) is 6.58. The highest BCUT2D eigenvalue weighted by molar-refractivity contribution is 7.89. The minimum absolute atomic E-state index is 0.00256. The Morgan fingerprint density at radius 1 is 0.757 bits per heavy atom. The molecule has 0 aliphatic carbocycles. The van der Waals surface area contributed by atoms with Gasteiger partial charge in [0.1, 0.15) is 5.82 Å². The molecule has 0 bridgehead atoms. The number of sulfonamides is 1.